The van der Waals surface area contributed by atoms with Crippen LogP contribution in [0.5, 0.6) is 0 Å². The summed E-state index contributed by atoms with van der Waals surface area (Å²) in [6, 6.07) is 2.25. The van der Waals surface area contributed by atoms with E-state index in [1.54, 1.807) is 15.6 Å². The summed E-state index contributed by atoms with van der Waals surface area (Å²) in [5.41, 5.74) is 1.11. The van der Waals surface area contributed by atoms with Gasteiger partial charge in [0.25, 0.3) is 0 Å². The van der Waals surface area contributed by atoms with Crippen molar-refractivity contribution < 1.29 is 8.42 Å². The number of hydrogen-bond donors (Lipinski definition) is 0. The van der Waals surface area contributed by atoms with Gasteiger partial charge in [-0.1, -0.05) is 13.8 Å². The highest BCUT2D eigenvalue weighted by molar-refractivity contribution is 7.89. The fraction of sp³-hybridized carbons (Fsp3) is 0.667. The molecule has 17 heavy (non-hydrogen) atoms. The molecule has 1 aliphatic rings. The second kappa shape index (κ2) is 5.08. The van der Waals surface area contributed by atoms with Gasteiger partial charge in [-0.05, 0) is 41.1 Å². The van der Waals surface area contributed by atoms with Crippen LogP contribution in [0, 0.1) is 5.92 Å². The average Bonchev–Trinajstić information content (AvgIpc) is 2.90. The Kier molecular flexibility index (Phi) is 3.90. The van der Waals surface area contributed by atoms with E-state index in [-0.39, 0.29) is 17.7 Å². The van der Waals surface area contributed by atoms with Gasteiger partial charge in [-0.3, -0.25) is 0 Å². The maximum Gasteiger partial charge on any atom is 0.214 e. The van der Waals surface area contributed by atoms with Crippen LogP contribution in [0.2, 0.25) is 0 Å². The monoisotopic (exact) mass is 273 g/mol. The lowest BCUT2D eigenvalue weighted by Crippen LogP contribution is -2.35. The van der Waals surface area contributed by atoms with E-state index < -0.39 is 10.0 Å². The van der Waals surface area contributed by atoms with Gasteiger partial charge in [0.2, 0.25) is 10.0 Å². The molecule has 1 aromatic rings. The van der Waals surface area contributed by atoms with Gasteiger partial charge in [-0.2, -0.15) is 15.6 Å². The highest BCUT2D eigenvalue weighted by Crippen LogP contribution is 2.31. The standard InChI is InChI=1S/C12H19NO2S2/c1-10(2)9-17(14,15)13(12-3-4-12)7-11-5-6-16-8-11/h5-6,8,10,12H,3-4,7,9H2,1-2H3. The molecule has 0 atom stereocenters. The maximum absolute atomic E-state index is 12.3. The third-order valence-electron chi connectivity index (χ3n) is 2.77. The molecule has 1 aromatic heterocycles. The Balaban J connectivity index is 2.12. The summed E-state index contributed by atoms with van der Waals surface area (Å²) < 4.78 is 26.3. The summed E-state index contributed by atoms with van der Waals surface area (Å²) in [6.45, 7) is 4.45. The van der Waals surface area contributed by atoms with E-state index in [0.717, 1.165) is 18.4 Å². The fourth-order valence-corrected chi connectivity index (χ4v) is 4.60. The number of sulfonamides is 1. The van der Waals surface area contributed by atoms with Crippen molar-refractivity contribution in [2.75, 3.05) is 5.75 Å². The molecule has 2 rings (SSSR count). The van der Waals surface area contributed by atoms with Crippen molar-refractivity contribution in [2.24, 2.45) is 5.92 Å². The van der Waals surface area contributed by atoms with Crippen LogP contribution in [-0.2, 0) is 16.6 Å². The zero-order chi connectivity index (χ0) is 12.5. The molecule has 0 aromatic carbocycles. The molecule has 0 spiro atoms. The first-order valence-corrected chi connectivity index (χ1v) is 8.55. The van der Waals surface area contributed by atoms with Crippen molar-refractivity contribution in [1.29, 1.82) is 0 Å². The molecular formula is C12H19NO2S2. The van der Waals surface area contributed by atoms with Gasteiger partial charge >= 0.3 is 0 Å². The van der Waals surface area contributed by atoms with Crippen molar-refractivity contribution in [1.82, 2.24) is 4.31 Å². The Morgan fingerprint density at radius 2 is 2.18 bits per heavy atom. The smallest absolute Gasteiger partial charge is 0.212 e. The van der Waals surface area contributed by atoms with E-state index in [1.807, 2.05) is 30.7 Å². The molecule has 0 unspecified atom stereocenters. The van der Waals surface area contributed by atoms with Gasteiger partial charge in [0.15, 0.2) is 0 Å². The van der Waals surface area contributed by atoms with E-state index in [4.69, 9.17) is 0 Å². The Bertz CT molecular complexity index is 447. The Morgan fingerprint density at radius 1 is 1.47 bits per heavy atom. The number of rotatable bonds is 6. The fourth-order valence-electron chi connectivity index (χ4n) is 1.90. The van der Waals surface area contributed by atoms with Gasteiger partial charge in [0, 0.05) is 12.6 Å². The molecule has 3 nitrogen and oxygen atoms in total. The predicted molar refractivity (Wildman–Crippen MR) is 71.5 cm³/mol. The molecule has 0 radical (unpaired) electrons. The van der Waals surface area contributed by atoms with Crippen LogP contribution in [0.1, 0.15) is 32.3 Å². The molecular weight excluding hydrogens is 254 g/mol. The minimum atomic E-state index is -3.10. The van der Waals surface area contributed by atoms with Crippen molar-refractivity contribution in [3.05, 3.63) is 22.4 Å². The summed E-state index contributed by atoms with van der Waals surface area (Å²) >= 11 is 1.62. The van der Waals surface area contributed by atoms with Crippen molar-refractivity contribution in [3.63, 3.8) is 0 Å². The quantitative estimate of drug-likeness (QED) is 0.799. The Labute approximate surface area is 108 Å². The van der Waals surface area contributed by atoms with E-state index in [2.05, 4.69) is 0 Å². The van der Waals surface area contributed by atoms with Crippen molar-refractivity contribution >= 4 is 21.4 Å². The van der Waals surface area contributed by atoms with Crippen LogP contribution in [-0.4, -0.2) is 24.5 Å². The van der Waals surface area contributed by atoms with Gasteiger partial charge < -0.3 is 0 Å². The van der Waals surface area contributed by atoms with Crippen LogP contribution in [0.25, 0.3) is 0 Å². The molecule has 5 heteroatoms. The van der Waals surface area contributed by atoms with Crippen LogP contribution < -0.4 is 0 Å². The zero-order valence-corrected chi connectivity index (χ0v) is 11.9. The van der Waals surface area contributed by atoms with Gasteiger partial charge in [-0.25, -0.2) is 8.42 Å². The normalized spacial score (nSPS) is 16.9. The SMILES string of the molecule is CC(C)CS(=O)(=O)N(Cc1ccsc1)C1CC1. The lowest BCUT2D eigenvalue weighted by molar-refractivity contribution is 0.395. The Hall–Kier alpha value is -0.390. The van der Waals surface area contributed by atoms with E-state index >= 15 is 0 Å². The lowest BCUT2D eigenvalue weighted by Gasteiger charge is -2.22. The van der Waals surface area contributed by atoms with Gasteiger partial charge in [-0.15, -0.1) is 0 Å². The number of thiophene rings is 1. The maximum atomic E-state index is 12.3. The second-order valence-corrected chi connectivity index (χ2v) is 7.83. The third-order valence-corrected chi connectivity index (χ3v) is 5.74. The van der Waals surface area contributed by atoms with Crippen LogP contribution in [0.3, 0.4) is 0 Å². The van der Waals surface area contributed by atoms with Crippen molar-refractivity contribution in [2.45, 2.75) is 39.3 Å². The van der Waals surface area contributed by atoms with E-state index in [9.17, 15) is 8.42 Å². The van der Waals surface area contributed by atoms with E-state index in [0.29, 0.717) is 6.54 Å². The summed E-state index contributed by atoms with van der Waals surface area (Å²) in [7, 11) is -3.10. The van der Waals surface area contributed by atoms with Crippen molar-refractivity contribution in [3.8, 4) is 0 Å². The molecule has 0 saturated heterocycles. The summed E-state index contributed by atoms with van der Waals surface area (Å²) in [5, 5.41) is 4.02. The molecule has 0 aliphatic heterocycles. The first-order valence-electron chi connectivity index (χ1n) is 5.99. The minimum absolute atomic E-state index is 0.184. The Morgan fingerprint density at radius 3 is 2.65 bits per heavy atom. The second-order valence-electron chi connectivity index (χ2n) is 5.08. The first-order chi connectivity index (χ1) is 7.99. The number of hydrogen-bond acceptors (Lipinski definition) is 3. The summed E-state index contributed by atoms with van der Waals surface area (Å²) in [6.07, 6.45) is 2.03. The minimum Gasteiger partial charge on any atom is -0.212 e. The highest BCUT2D eigenvalue weighted by atomic mass is 32.2. The zero-order valence-electron chi connectivity index (χ0n) is 10.3. The highest BCUT2D eigenvalue weighted by Gasteiger charge is 2.37. The predicted octanol–water partition coefficient (Wildman–Crippen LogP) is 2.70. The van der Waals surface area contributed by atoms with Gasteiger partial charge in [0.05, 0.1) is 5.75 Å². The van der Waals surface area contributed by atoms with Crippen LogP contribution >= 0.6 is 11.3 Å². The molecule has 0 bridgehead atoms. The first kappa shape index (κ1) is 13.1. The van der Waals surface area contributed by atoms with Crippen LogP contribution in [0.4, 0.5) is 0 Å². The lowest BCUT2D eigenvalue weighted by atomic mass is 10.3. The van der Waals surface area contributed by atoms with E-state index in [1.165, 1.54) is 0 Å². The molecule has 0 N–H and O–H groups in total. The summed E-state index contributed by atoms with van der Waals surface area (Å²) in [4.78, 5) is 0. The molecule has 0 amide bonds. The largest absolute Gasteiger partial charge is 0.214 e. The number of nitrogens with zero attached hydrogens (tertiary/aromatic N) is 1. The average molecular weight is 273 g/mol. The van der Waals surface area contributed by atoms with Gasteiger partial charge in [0.1, 0.15) is 0 Å². The third kappa shape index (κ3) is 3.53. The molecule has 96 valence electrons. The summed E-state index contributed by atoms with van der Waals surface area (Å²) in [5.74, 6) is 0.442. The molecule has 1 heterocycles. The molecule has 1 saturated carbocycles. The van der Waals surface area contributed by atoms with Crippen LogP contribution in [0.15, 0.2) is 16.8 Å². The topological polar surface area (TPSA) is 37.4 Å². The molecule has 1 aliphatic carbocycles. The molecule has 1 fully saturated rings.